The Morgan fingerprint density at radius 3 is 2.71 bits per heavy atom. The summed E-state index contributed by atoms with van der Waals surface area (Å²) in [6.45, 7) is 2.69. The monoisotopic (exact) mass is 493 g/mol. The van der Waals surface area contributed by atoms with Crippen LogP contribution in [0.5, 0.6) is 11.5 Å². The van der Waals surface area contributed by atoms with Gasteiger partial charge in [-0.05, 0) is 37.1 Å². The van der Waals surface area contributed by atoms with Gasteiger partial charge in [-0.15, -0.1) is 0 Å². The van der Waals surface area contributed by atoms with E-state index in [1.165, 1.54) is 11.3 Å². The molecule has 1 fully saturated rings. The summed E-state index contributed by atoms with van der Waals surface area (Å²) >= 11 is 1.43. The normalized spacial score (nSPS) is 15.4. The molecule has 2 aliphatic rings. The van der Waals surface area contributed by atoms with Crippen LogP contribution in [0.4, 0.5) is 10.8 Å². The molecule has 180 valence electrons. The van der Waals surface area contributed by atoms with Crippen LogP contribution in [0.25, 0.3) is 21.7 Å². The van der Waals surface area contributed by atoms with Crippen LogP contribution in [0.1, 0.15) is 19.3 Å². The lowest BCUT2D eigenvalue weighted by atomic mass is 10.2. The predicted octanol–water partition coefficient (Wildman–Crippen LogP) is 3.51. The Bertz CT molecular complexity index is 1440. The summed E-state index contributed by atoms with van der Waals surface area (Å²) in [6.07, 6.45) is 4.55. The first kappa shape index (κ1) is 21.7. The number of hydrogen-bond acceptors (Lipinski definition) is 9. The number of fused-ring (bicyclic) bond motifs is 2. The third-order valence-electron chi connectivity index (χ3n) is 5.94. The molecule has 0 saturated carbocycles. The highest BCUT2D eigenvalue weighted by molar-refractivity contribution is 7.22. The molecule has 6 rings (SSSR count). The average molecular weight is 494 g/mol. The van der Waals surface area contributed by atoms with Crippen LogP contribution < -0.4 is 25.2 Å². The van der Waals surface area contributed by atoms with Gasteiger partial charge in [0.2, 0.25) is 5.91 Å². The minimum atomic E-state index is -0.411. The van der Waals surface area contributed by atoms with Crippen LogP contribution in [-0.2, 0) is 11.3 Å². The number of nitrogens with one attached hydrogen (secondary N) is 1. The van der Waals surface area contributed by atoms with Gasteiger partial charge in [0.1, 0.15) is 12.2 Å². The predicted molar refractivity (Wildman–Crippen MR) is 132 cm³/mol. The Kier molecular flexibility index (Phi) is 5.61. The van der Waals surface area contributed by atoms with E-state index < -0.39 is 11.5 Å². The zero-order valence-electron chi connectivity index (χ0n) is 18.9. The zero-order chi connectivity index (χ0) is 23.8. The van der Waals surface area contributed by atoms with E-state index >= 15 is 0 Å². The van der Waals surface area contributed by atoms with E-state index in [2.05, 4.69) is 20.3 Å². The molecule has 0 unspecified atom stereocenters. The maximum absolute atomic E-state index is 13.3. The van der Waals surface area contributed by atoms with Crippen molar-refractivity contribution in [2.75, 3.05) is 36.5 Å². The van der Waals surface area contributed by atoms with Crippen molar-refractivity contribution in [3.63, 3.8) is 0 Å². The summed E-state index contributed by atoms with van der Waals surface area (Å²) < 4.78 is 18.7. The first-order valence-electron chi connectivity index (χ1n) is 11.6. The molecule has 0 bridgehead atoms. The van der Waals surface area contributed by atoms with Crippen molar-refractivity contribution < 1.29 is 18.7 Å². The molecule has 0 radical (unpaired) electrons. The van der Waals surface area contributed by atoms with Crippen molar-refractivity contribution in [2.45, 2.75) is 25.8 Å². The largest absolute Gasteiger partial charge is 0.490 e. The van der Waals surface area contributed by atoms with Gasteiger partial charge in [0.15, 0.2) is 27.9 Å². The van der Waals surface area contributed by atoms with Crippen molar-refractivity contribution in [1.82, 2.24) is 14.8 Å². The number of furan rings is 1. The highest BCUT2D eigenvalue weighted by Gasteiger charge is 2.23. The standard InChI is InChI=1S/C24H23N5O5S/c30-19(25-15-6-7-16-18(13-15)34-12-4-11-32-16)14-29-23(31)21-22(20(27-29)17-5-3-10-33-17)35-24(26-21)28-8-1-2-9-28/h3,5-7,10,13H,1-2,4,8-9,11-12,14H2,(H,25,30). The molecule has 5 heterocycles. The number of hydrogen-bond donors (Lipinski definition) is 1. The zero-order valence-corrected chi connectivity index (χ0v) is 19.7. The number of carbonyl (C=O) groups is 1. The van der Waals surface area contributed by atoms with E-state index in [0.717, 1.165) is 42.2 Å². The van der Waals surface area contributed by atoms with E-state index in [0.29, 0.717) is 52.1 Å². The third kappa shape index (κ3) is 4.23. The van der Waals surface area contributed by atoms with Gasteiger partial charge in [-0.2, -0.15) is 5.10 Å². The fourth-order valence-electron chi connectivity index (χ4n) is 4.25. The van der Waals surface area contributed by atoms with Crippen LogP contribution >= 0.6 is 11.3 Å². The molecule has 1 amide bonds. The van der Waals surface area contributed by atoms with Gasteiger partial charge in [-0.25, -0.2) is 9.67 Å². The van der Waals surface area contributed by atoms with Crippen molar-refractivity contribution in [1.29, 1.82) is 0 Å². The van der Waals surface area contributed by atoms with Crippen molar-refractivity contribution in [2.24, 2.45) is 0 Å². The van der Waals surface area contributed by atoms with Gasteiger partial charge in [0.25, 0.3) is 5.56 Å². The van der Waals surface area contributed by atoms with Crippen LogP contribution in [0.15, 0.2) is 45.8 Å². The molecule has 35 heavy (non-hydrogen) atoms. The number of aromatic nitrogens is 3. The van der Waals surface area contributed by atoms with E-state index in [9.17, 15) is 9.59 Å². The SMILES string of the molecule is O=C(Cn1nc(-c2ccco2)c2sc(N3CCCC3)nc2c1=O)Nc1ccc2c(c1)OCCCO2. The van der Waals surface area contributed by atoms with Crippen LogP contribution in [0.3, 0.4) is 0 Å². The molecular formula is C24H23N5O5S. The molecule has 4 aromatic rings. The van der Waals surface area contributed by atoms with Crippen LogP contribution in [-0.4, -0.2) is 47.0 Å². The summed E-state index contributed by atoms with van der Waals surface area (Å²) in [5, 5.41) is 8.11. The molecule has 0 atom stereocenters. The van der Waals surface area contributed by atoms with Gasteiger partial charge < -0.3 is 24.1 Å². The smallest absolute Gasteiger partial charge is 0.294 e. The second-order valence-electron chi connectivity index (χ2n) is 8.42. The molecule has 2 aliphatic heterocycles. The third-order valence-corrected chi connectivity index (χ3v) is 7.07. The number of amides is 1. The number of carbonyl (C=O) groups excluding carboxylic acids is 1. The maximum Gasteiger partial charge on any atom is 0.294 e. The number of rotatable bonds is 5. The molecule has 0 aliphatic carbocycles. The van der Waals surface area contributed by atoms with Crippen LogP contribution in [0.2, 0.25) is 0 Å². The van der Waals surface area contributed by atoms with Crippen molar-refractivity contribution in [3.05, 3.63) is 46.9 Å². The Morgan fingerprint density at radius 2 is 1.91 bits per heavy atom. The lowest BCUT2D eigenvalue weighted by molar-refractivity contribution is -0.117. The van der Waals surface area contributed by atoms with E-state index in [1.807, 2.05) is 0 Å². The van der Waals surface area contributed by atoms with Crippen molar-refractivity contribution in [3.8, 4) is 23.0 Å². The quantitative estimate of drug-likeness (QED) is 0.450. The molecule has 10 nitrogen and oxygen atoms in total. The summed E-state index contributed by atoms with van der Waals surface area (Å²) in [5.41, 5.74) is 0.924. The van der Waals surface area contributed by atoms with Crippen molar-refractivity contribution >= 4 is 38.3 Å². The topological polar surface area (TPSA) is 112 Å². The van der Waals surface area contributed by atoms with E-state index in [1.54, 1.807) is 36.6 Å². The fraction of sp³-hybridized carbons (Fsp3) is 0.333. The fourth-order valence-corrected chi connectivity index (χ4v) is 5.35. The molecular weight excluding hydrogens is 470 g/mol. The lowest BCUT2D eigenvalue weighted by Crippen LogP contribution is -2.30. The summed E-state index contributed by atoms with van der Waals surface area (Å²) in [7, 11) is 0. The second-order valence-corrected chi connectivity index (χ2v) is 9.39. The maximum atomic E-state index is 13.3. The molecule has 0 spiro atoms. The van der Waals surface area contributed by atoms with Gasteiger partial charge >= 0.3 is 0 Å². The van der Waals surface area contributed by atoms with Gasteiger partial charge in [0.05, 0.1) is 24.2 Å². The first-order valence-corrected chi connectivity index (χ1v) is 12.4. The Labute approximate surface area is 204 Å². The van der Waals surface area contributed by atoms with Gasteiger partial charge in [0, 0.05) is 31.3 Å². The van der Waals surface area contributed by atoms with Gasteiger partial charge in [-0.3, -0.25) is 9.59 Å². The highest BCUT2D eigenvalue weighted by Crippen LogP contribution is 2.35. The molecule has 1 N–H and O–H groups in total. The van der Waals surface area contributed by atoms with Crippen LogP contribution in [0, 0.1) is 0 Å². The molecule has 1 saturated heterocycles. The van der Waals surface area contributed by atoms with E-state index in [-0.39, 0.29) is 6.54 Å². The number of benzene rings is 1. The molecule has 11 heteroatoms. The van der Waals surface area contributed by atoms with E-state index in [4.69, 9.17) is 13.9 Å². The second kappa shape index (κ2) is 9.06. The molecule has 3 aromatic heterocycles. The summed E-state index contributed by atoms with van der Waals surface area (Å²) in [5.74, 6) is 1.34. The summed E-state index contributed by atoms with van der Waals surface area (Å²) in [6, 6.07) is 8.76. The minimum Gasteiger partial charge on any atom is -0.490 e. The highest BCUT2D eigenvalue weighted by atomic mass is 32.1. The Hall–Kier alpha value is -3.86. The first-order chi connectivity index (χ1) is 17.2. The molecule has 1 aromatic carbocycles. The number of anilines is 2. The Morgan fingerprint density at radius 1 is 1.09 bits per heavy atom. The summed E-state index contributed by atoms with van der Waals surface area (Å²) in [4.78, 5) is 33.0. The lowest BCUT2D eigenvalue weighted by Gasteiger charge is -2.11. The Balaban J connectivity index is 1.31. The average Bonchev–Trinajstić information content (AvgIpc) is 3.61. The van der Waals surface area contributed by atoms with Gasteiger partial charge in [-0.1, -0.05) is 11.3 Å². The number of thiazole rings is 1. The number of nitrogens with zero attached hydrogens (tertiary/aromatic N) is 4. The number of ether oxygens (including phenoxy) is 2. The minimum absolute atomic E-state index is 0.270.